The number of likely N-dealkylation sites (N-methyl/N-ethyl adjacent to an activating group) is 1. The molecule has 124 valence electrons. The second-order valence-corrected chi connectivity index (χ2v) is 5.45. The summed E-state index contributed by atoms with van der Waals surface area (Å²) >= 11 is 5.87. The van der Waals surface area contributed by atoms with Gasteiger partial charge in [0.15, 0.2) is 6.04 Å². The molecule has 0 fully saturated rings. The van der Waals surface area contributed by atoms with Gasteiger partial charge in [0.25, 0.3) is 0 Å². The molecule has 0 spiro atoms. The first kappa shape index (κ1) is 17.4. The Hall–Kier alpha value is -1.99. The van der Waals surface area contributed by atoms with Crippen molar-refractivity contribution >= 4 is 17.5 Å². The molecule has 0 aliphatic heterocycles. The molecule has 2 aromatic rings. The molecule has 1 atom stereocenters. The third kappa shape index (κ3) is 4.74. The van der Waals surface area contributed by atoms with Gasteiger partial charge in [-0.25, -0.2) is 0 Å². The van der Waals surface area contributed by atoms with Crippen molar-refractivity contribution in [3.05, 3.63) is 29.3 Å². The van der Waals surface area contributed by atoms with Gasteiger partial charge in [0.05, 0.1) is 0 Å². The van der Waals surface area contributed by atoms with E-state index in [0.717, 1.165) is 18.7 Å². The molecule has 1 heterocycles. The molecular weight excluding hydrogens is 316 g/mol. The number of halogens is 1. The van der Waals surface area contributed by atoms with Crippen molar-refractivity contribution in [1.29, 1.82) is 0 Å². The number of hydrogen-bond acceptors (Lipinski definition) is 5. The number of carbonyl (C=O) groups excluding carboxylic acids is 1. The molecular formula is C15H21ClN6O. The number of tetrazole rings is 1. The normalized spacial score (nSPS) is 12.1. The highest BCUT2D eigenvalue weighted by molar-refractivity contribution is 6.30. The number of nitrogens with zero attached hydrogens (tertiary/aromatic N) is 4. The lowest BCUT2D eigenvalue weighted by Gasteiger charge is -2.13. The van der Waals surface area contributed by atoms with Crippen LogP contribution >= 0.6 is 11.6 Å². The fraction of sp³-hybridized carbons (Fsp3) is 0.467. The molecule has 0 radical (unpaired) electrons. The van der Waals surface area contributed by atoms with Crippen molar-refractivity contribution < 1.29 is 4.79 Å². The monoisotopic (exact) mass is 336 g/mol. The molecule has 0 aliphatic rings. The molecule has 2 N–H and O–H groups in total. The Kier molecular flexibility index (Phi) is 6.49. The van der Waals surface area contributed by atoms with Gasteiger partial charge in [-0.2, -0.15) is 4.80 Å². The van der Waals surface area contributed by atoms with E-state index in [1.54, 1.807) is 12.1 Å². The molecule has 8 heteroatoms. The second-order valence-electron chi connectivity index (χ2n) is 5.01. The summed E-state index contributed by atoms with van der Waals surface area (Å²) < 4.78 is 0. The average Bonchev–Trinajstić information content (AvgIpc) is 3.02. The molecule has 0 saturated carbocycles. The van der Waals surface area contributed by atoms with E-state index in [9.17, 15) is 4.79 Å². The predicted molar refractivity (Wildman–Crippen MR) is 89.1 cm³/mol. The van der Waals surface area contributed by atoms with E-state index >= 15 is 0 Å². The first-order chi connectivity index (χ1) is 11.2. The quantitative estimate of drug-likeness (QED) is 0.716. The van der Waals surface area contributed by atoms with E-state index in [0.29, 0.717) is 23.8 Å². The number of amides is 1. The highest BCUT2D eigenvalue weighted by Crippen LogP contribution is 2.18. The number of hydrogen-bond donors (Lipinski definition) is 2. The van der Waals surface area contributed by atoms with Crippen LogP contribution in [0.25, 0.3) is 11.4 Å². The van der Waals surface area contributed by atoms with Crippen LogP contribution in [0.4, 0.5) is 0 Å². The zero-order valence-electron chi connectivity index (χ0n) is 13.3. The van der Waals surface area contributed by atoms with Crippen molar-refractivity contribution in [2.75, 3.05) is 19.6 Å². The Morgan fingerprint density at radius 3 is 2.65 bits per heavy atom. The molecule has 7 nitrogen and oxygen atoms in total. The third-order valence-corrected chi connectivity index (χ3v) is 3.60. The van der Waals surface area contributed by atoms with Crippen LogP contribution in [0.2, 0.25) is 5.02 Å². The topological polar surface area (TPSA) is 84.7 Å². The van der Waals surface area contributed by atoms with Gasteiger partial charge in [0.1, 0.15) is 0 Å². The Morgan fingerprint density at radius 1 is 1.26 bits per heavy atom. The maximum absolute atomic E-state index is 12.2. The molecule has 0 saturated heterocycles. The van der Waals surface area contributed by atoms with Gasteiger partial charge in [-0.1, -0.05) is 25.4 Å². The minimum absolute atomic E-state index is 0.106. The molecule has 23 heavy (non-hydrogen) atoms. The number of aromatic nitrogens is 4. The van der Waals surface area contributed by atoms with Crippen LogP contribution in [-0.4, -0.2) is 45.7 Å². The summed E-state index contributed by atoms with van der Waals surface area (Å²) in [5, 5.41) is 19.0. The van der Waals surface area contributed by atoms with Gasteiger partial charge in [0.2, 0.25) is 11.7 Å². The summed E-state index contributed by atoms with van der Waals surface area (Å²) in [7, 11) is 0. The maximum Gasteiger partial charge on any atom is 0.246 e. The smallest absolute Gasteiger partial charge is 0.246 e. The summed E-state index contributed by atoms with van der Waals surface area (Å²) in [4.78, 5) is 13.6. The van der Waals surface area contributed by atoms with Crippen molar-refractivity contribution in [3.63, 3.8) is 0 Å². The zero-order valence-corrected chi connectivity index (χ0v) is 14.0. The molecule has 1 aromatic heterocycles. The van der Waals surface area contributed by atoms with E-state index < -0.39 is 6.04 Å². The lowest BCUT2D eigenvalue weighted by molar-refractivity contribution is -0.125. The largest absolute Gasteiger partial charge is 0.353 e. The van der Waals surface area contributed by atoms with Gasteiger partial charge >= 0.3 is 0 Å². The highest BCUT2D eigenvalue weighted by Gasteiger charge is 2.21. The van der Waals surface area contributed by atoms with Gasteiger partial charge < -0.3 is 10.6 Å². The van der Waals surface area contributed by atoms with Crippen molar-refractivity contribution in [3.8, 4) is 11.4 Å². The first-order valence-electron chi connectivity index (χ1n) is 7.69. The predicted octanol–water partition coefficient (Wildman–Crippen LogP) is 1.67. The lowest BCUT2D eigenvalue weighted by atomic mass is 10.2. The second kappa shape index (κ2) is 8.59. The fourth-order valence-corrected chi connectivity index (χ4v) is 2.22. The van der Waals surface area contributed by atoms with E-state index in [4.69, 9.17) is 11.6 Å². The summed E-state index contributed by atoms with van der Waals surface area (Å²) in [6, 6.07) is 6.71. The Balaban J connectivity index is 2.04. The first-order valence-corrected chi connectivity index (χ1v) is 8.07. The Bertz CT molecular complexity index is 627. The summed E-state index contributed by atoms with van der Waals surface area (Å²) in [6.07, 6.45) is 0.587. The molecule has 0 aliphatic carbocycles. The number of carbonyl (C=O) groups is 1. The van der Waals surface area contributed by atoms with Crippen molar-refractivity contribution in [2.45, 2.75) is 26.3 Å². The molecule has 1 unspecified atom stereocenters. The zero-order chi connectivity index (χ0) is 16.7. The Labute approximate surface area is 140 Å². The lowest BCUT2D eigenvalue weighted by Crippen LogP contribution is -2.37. The molecule has 2 rings (SSSR count). The van der Waals surface area contributed by atoms with E-state index in [-0.39, 0.29) is 5.91 Å². The summed E-state index contributed by atoms with van der Waals surface area (Å²) in [6.45, 7) is 6.12. The number of benzene rings is 1. The highest BCUT2D eigenvalue weighted by atomic mass is 35.5. The summed E-state index contributed by atoms with van der Waals surface area (Å²) in [5.74, 6) is 0.367. The van der Waals surface area contributed by atoms with Crippen LogP contribution in [-0.2, 0) is 4.79 Å². The van der Waals surface area contributed by atoms with Gasteiger partial charge in [-0.05, 0) is 42.4 Å². The SMILES string of the molecule is CCNCCNC(=O)C(CC)n1nnc(-c2ccc(Cl)cc2)n1. The number of rotatable bonds is 8. The standard InChI is InChI=1S/C15H21ClN6O/c1-3-13(15(23)18-10-9-17-4-2)22-20-14(19-21-22)11-5-7-12(16)8-6-11/h5-8,13,17H,3-4,9-10H2,1-2H3,(H,18,23). The van der Waals surface area contributed by atoms with Crippen molar-refractivity contribution in [2.24, 2.45) is 0 Å². The van der Waals surface area contributed by atoms with Gasteiger partial charge in [-0.15, -0.1) is 10.2 Å². The number of nitrogens with one attached hydrogen (secondary N) is 2. The van der Waals surface area contributed by atoms with Gasteiger partial charge in [0, 0.05) is 23.7 Å². The maximum atomic E-state index is 12.2. The van der Waals surface area contributed by atoms with Crippen LogP contribution in [0.15, 0.2) is 24.3 Å². The van der Waals surface area contributed by atoms with Crippen LogP contribution in [0, 0.1) is 0 Å². The van der Waals surface area contributed by atoms with E-state index in [2.05, 4.69) is 26.0 Å². The minimum atomic E-state index is -0.467. The van der Waals surface area contributed by atoms with E-state index in [1.807, 2.05) is 26.0 Å². The van der Waals surface area contributed by atoms with Gasteiger partial charge in [-0.3, -0.25) is 4.79 Å². The van der Waals surface area contributed by atoms with Crippen molar-refractivity contribution in [1.82, 2.24) is 30.8 Å². The van der Waals surface area contributed by atoms with E-state index in [1.165, 1.54) is 4.80 Å². The van der Waals surface area contributed by atoms with Crippen LogP contribution < -0.4 is 10.6 Å². The average molecular weight is 337 g/mol. The molecule has 0 bridgehead atoms. The third-order valence-electron chi connectivity index (χ3n) is 3.35. The van der Waals surface area contributed by atoms with Crippen LogP contribution in [0.1, 0.15) is 26.3 Å². The minimum Gasteiger partial charge on any atom is -0.353 e. The fourth-order valence-electron chi connectivity index (χ4n) is 2.09. The molecule has 1 amide bonds. The van der Waals surface area contributed by atoms with Crippen LogP contribution in [0.5, 0.6) is 0 Å². The Morgan fingerprint density at radius 2 is 2.00 bits per heavy atom. The molecule has 1 aromatic carbocycles. The summed E-state index contributed by atoms with van der Waals surface area (Å²) in [5.41, 5.74) is 0.808. The van der Waals surface area contributed by atoms with Crippen LogP contribution in [0.3, 0.4) is 0 Å².